The second-order valence-corrected chi connectivity index (χ2v) is 7.02. The normalized spacial score (nSPS) is 12.2. The lowest BCUT2D eigenvalue weighted by molar-refractivity contribution is -0.124. The zero-order valence-corrected chi connectivity index (χ0v) is 15.4. The van der Waals surface area contributed by atoms with Crippen LogP contribution in [-0.4, -0.2) is 25.7 Å². The number of thiophene rings is 1. The largest absolute Gasteiger partial charge is 0.347 e. The summed E-state index contributed by atoms with van der Waals surface area (Å²) < 4.78 is 1.21. The van der Waals surface area contributed by atoms with Crippen LogP contribution >= 0.6 is 11.3 Å². The molecule has 0 unspecified atom stereocenters. The lowest BCUT2D eigenvalue weighted by Gasteiger charge is -2.14. The van der Waals surface area contributed by atoms with Gasteiger partial charge in [-0.05, 0) is 36.6 Å². The van der Waals surface area contributed by atoms with Gasteiger partial charge >= 0.3 is 0 Å². The van der Waals surface area contributed by atoms with Crippen molar-refractivity contribution in [2.24, 2.45) is 0 Å². The van der Waals surface area contributed by atoms with Crippen LogP contribution in [0.2, 0.25) is 0 Å². The number of imidazole rings is 1. The summed E-state index contributed by atoms with van der Waals surface area (Å²) >= 11 is 1.53. The first kappa shape index (κ1) is 17.2. The smallest absolute Gasteiger partial charge is 0.267 e. The van der Waals surface area contributed by atoms with Crippen molar-refractivity contribution in [3.63, 3.8) is 0 Å². The summed E-state index contributed by atoms with van der Waals surface area (Å²) in [5, 5.41) is 9.11. The van der Waals surface area contributed by atoms with Crippen LogP contribution < -0.4 is 10.9 Å². The molecule has 0 aliphatic rings. The van der Waals surface area contributed by atoms with Crippen molar-refractivity contribution >= 4 is 28.3 Å². The Kier molecular flexibility index (Phi) is 4.55. The summed E-state index contributed by atoms with van der Waals surface area (Å²) in [4.78, 5) is 33.2. The summed E-state index contributed by atoms with van der Waals surface area (Å²) in [7, 11) is 0. The number of hydrogen-bond donors (Lipinski definition) is 2. The van der Waals surface area contributed by atoms with Crippen molar-refractivity contribution in [2.75, 3.05) is 0 Å². The predicted molar refractivity (Wildman–Crippen MR) is 104 cm³/mol. The molecular formula is C19H17N5O2S. The van der Waals surface area contributed by atoms with Crippen LogP contribution in [0.1, 0.15) is 18.8 Å². The van der Waals surface area contributed by atoms with Crippen LogP contribution in [-0.2, 0) is 11.3 Å². The van der Waals surface area contributed by atoms with E-state index < -0.39 is 6.04 Å². The molecule has 0 aliphatic carbocycles. The fourth-order valence-corrected chi connectivity index (χ4v) is 3.47. The van der Waals surface area contributed by atoms with Crippen molar-refractivity contribution in [1.82, 2.24) is 25.1 Å². The molecule has 0 aliphatic heterocycles. The number of nitrogens with one attached hydrogen (secondary N) is 2. The van der Waals surface area contributed by atoms with E-state index in [4.69, 9.17) is 0 Å². The molecule has 0 bridgehead atoms. The van der Waals surface area contributed by atoms with Gasteiger partial charge in [0.25, 0.3) is 5.56 Å². The highest BCUT2D eigenvalue weighted by molar-refractivity contribution is 7.13. The van der Waals surface area contributed by atoms with Crippen LogP contribution in [0.15, 0.2) is 58.7 Å². The second-order valence-electron chi connectivity index (χ2n) is 6.07. The van der Waals surface area contributed by atoms with Crippen LogP contribution in [0.5, 0.6) is 0 Å². The quantitative estimate of drug-likeness (QED) is 0.558. The SMILES string of the molecule is C[C@H](C(=O)NCc1nc2ccccc2[nH]1)n1nc(-c2cccs2)ccc1=O. The predicted octanol–water partition coefficient (Wildman–Crippen LogP) is 2.73. The van der Waals surface area contributed by atoms with E-state index in [2.05, 4.69) is 20.4 Å². The Morgan fingerprint density at radius 3 is 2.85 bits per heavy atom. The average molecular weight is 379 g/mol. The van der Waals surface area contributed by atoms with E-state index in [0.29, 0.717) is 11.5 Å². The molecule has 2 N–H and O–H groups in total. The number of fused-ring (bicyclic) bond motifs is 1. The van der Waals surface area contributed by atoms with Crippen molar-refractivity contribution in [2.45, 2.75) is 19.5 Å². The van der Waals surface area contributed by atoms with Gasteiger partial charge in [-0.15, -0.1) is 11.3 Å². The minimum Gasteiger partial charge on any atom is -0.347 e. The fourth-order valence-electron chi connectivity index (χ4n) is 2.78. The van der Waals surface area contributed by atoms with Gasteiger partial charge in [-0.25, -0.2) is 9.67 Å². The van der Waals surface area contributed by atoms with Gasteiger partial charge in [0.05, 0.1) is 22.5 Å². The Bertz CT molecular complexity index is 1110. The topological polar surface area (TPSA) is 92.7 Å². The summed E-state index contributed by atoms with van der Waals surface area (Å²) in [5.41, 5.74) is 2.11. The number of aromatic nitrogens is 4. The first-order valence-electron chi connectivity index (χ1n) is 8.47. The molecule has 0 saturated heterocycles. The molecule has 136 valence electrons. The number of aromatic amines is 1. The molecule has 7 nitrogen and oxygen atoms in total. The number of benzene rings is 1. The van der Waals surface area contributed by atoms with Gasteiger partial charge in [0.1, 0.15) is 17.6 Å². The Morgan fingerprint density at radius 2 is 2.07 bits per heavy atom. The van der Waals surface area contributed by atoms with Crippen LogP contribution in [0, 0.1) is 0 Å². The maximum atomic E-state index is 12.5. The Labute approximate surface area is 158 Å². The number of carbonyl (C=O) groups is 1. The summed E-state index contributed by atoms with van der Waals surface area (Å²) in [6.07, 6.45) is 0. The lowest BCUT2D eigenvalue weighted by atomic mass is 10.3. The molecule has 4 aromatic rings. The highest BCUT2D eigenvalue weighted by Gasteiger charge is 2.18. The minimum absolute atomic E-state index is 0.247. The third-order valence-corrected chi connectivity index (χ3v) is 5.11. The molecule has 0 saturated carbocycles. The lowest BCUT2D eigenvalue weighted by Crippen LogP contribution is -2.36. The summed E-state index contributed by atoms with van der Waals surface area (Å²) in [6, 6.07) is 13.9. The summed E-state index contributed by atoms with van der Waals surface area (Å²) in [6.45, 7) is 1.90. The van der Waals surface area contributed by atoms with Gasteiger partial charge in [0.15, 0.2) is 0 Å². The van der Waals surface area contributed by atoms with Crippen molar-refractivity contribution < 1.29 is 4.79 Å². The number of nitrogens with zero attached hydrogens (tertiary/aromatic N) is 3. The zero-order valence-electron chi connectivity index (χ0n) is 14.5. The molecule has 4 rings (SSSR count). The molecule has 0 radical (unpaired) electrons. The van der Waals surface area contributed by atoms with Gasteiger partial charge in [-0.2, -0.15) is 5.10 Å². The third-order valence-electron chi connectivity index (χ3n) is 4.21. The maximum Gasteiger partial charge on any atom is 0.267 e. The molecule has 8 heteroatoms. The molecular weight excluding hydrogens is 362 g/mol. The monoisotopic (exact) mass is 379 g/mol. The average Bonchev–Trinajstić information content (AvgIpc) is 3.35. The molecule has 3 aromatic heterocycles. The number of amides is 1. The highest BCUT2D eigenvalue weighted by Crippen LogP contribution is 2.21. The first-order valence-corrected chi connectivity index (χ1v) is 9.35. The summed E-state index contributed by atoms with van der Waals surface area (Å²) in [5.74, 6) is 0.359. The zero-order chi connectivity index (χ0) is 18.8. The van der Waals surface area contributed by atoms with E-state index in [0.717, 1.165) is 15.9 Å². The molecule has 0 spiro atoms. The molecule has 1 aromatic carbocycles. The second kappa shape index (κ2) is 7.16. The standard InChI is InChI=1S/C19H17N5O2S/c1-12(24-18(25)9-8-15(23-24)16-7-4-10-27-16)19(26)20-11-17-21-13-5-2-3-6-14(13)22-17/h2-10,12H,11H2,1H3,(H,20,26)(H,21,22)/t12-/m1/s1. The molecule has 0 fully saturated rings. The van der Waals surface area contributed by atoms with Gasteiger partial charge in [0, 0.05) is 6.07 Å². The van der Waals surface area contributed by atoms with Crippen LogP contribution in [0.25, 0.3) is 21.6 Å². The van der Waals surface area contributed by atoms with Gasteiger partial charge in [-0.1, -0.05) is 18.2 Å². The Balaban J connectivity index is 1.50. The van der Waals surface area contributed by atoms with E-state index in [9.17, 15) is 9.59 Å². The van der Waals surface area contributed by atoms with Crippen molar-refractivity contribution in [3.8, 4) is 10.6 Å². The molecule has 1 atom stereocenters. The van der Waals surface area contributed by atoms with E-state index in [-0.39, 0.29) is 18.0 Å². The number of rotatable bonds is 5. The first-order chi connectivity index (χ1) is 13.1. The maximum absolute atomic E-state index is 12.5. The van der Waals surface area contributed by atoms with E-state index >= 15 is 0 Å². The molecule has 27 heavy (non-hydrogen) atoms. The number of carbonyl (C=O) groups excluding carboxylic acids is 1. The van der Waals surface area contributed by atoms with Gasteiger partial charge < -0.3 is 10.3 Å². The number of hydrogen-bond acceptors (Lipinski definition) is 5. The van der Waals surface area contributed by atoms with Crippen molar-refractivity contribution in [1.29, 1.82) is 0 Å². The van der Waals surface area contributed by atoms with Gasteiger partial charge in [0.2, 0.25) is 5.91 Å². The third kappa shape index (κ3) is 3.52. The fraction of sp³-hybridized carbons (Fsp3) is 0.158. The highest BCUT2D eigenvalue weighted by atomic mass is 32.1. The van der Waals surface area contributed by atoms with E-state index in [1.807, 2.05) is 41.8 Å². The Hall–Kier alpha value is -3.26. The van der Waals surface area contributed by atoms with E-state index in [1.54, 1.807) is 13.0 Å². The van der Waals surface area contributed by atoms with Crippen LogP contribution in [0.4, 0.5) is 0 Å². The van der Waals surface area contributed by atoms with Gasteiger partial charge in [-0.3, -0.25) is 9.59 Å². The number of para-hydroxylation sites is 2. The van der Waals surface area contributed by atoms with E-state index in [1.165, 1.54) is 22.1 Å². The molecule has 1 amide bonds. The minimum atomic E-state index is -0.734. The van der Waals surface area contributed by atoms with Crippen LogP contribution in [0.3, 0.4) is 0 Å². The number of H-pyrrole nitrogens is 1. The molecule has 3 heterocycles. The Morgan fingerprint density at radius 1 is 1.22 bits per heavy atom. The van der Waals surface area contributed by atoms with Crippen molar-refractivity contribution in [3.05, 3.63) is 70.1 Å².